The zero-order valence-electron chi connectivity index (χ0n) is 15.0. The molecule has 0 spiro atoms. The van der Waals surface area contributed by atoms with Crippen LogP contribution in [0.3, 0.4) is 0 Å². The molecule has 2 aliphatic rings. The molecule has 0 radical (unpaired) electrons. The van der Waals surface area contributed by atoms with Crippen LogP contribution in [0, 0.1) is 5.41 Å². The van der Waals surface area contributed by atoms with Gasteiger partial charge < -0.3 is 20.1 Å². The number of aliphatic carboxylic acids is 1. The van der Waals surface area contributed by atoms with Gasteiger partial charge in [-0.2, -0.15) is 5.10 Å². The largest absolute Gasteiger partial charge is 0.481 e. The van der Waals surface area contributed by atoms with Gasteiger partial charge in [-0.15, -0.1) is 23.5 Å². The number of hydrogen-bond acceptors (Lipinski definition) is 8. The third kappa shape index (κ3) is 5.28. The highest BCUT2D eigenvalue weighted by Crippen LogP contribution is 2.44. The normalized spacial score (nSPS) is 25.8. The monoisotopic (exact) mass is 516 g/mol. The molecule has 0 bridgehead atoms. The van der Waals surface area contributed by atoms with Gasteiger partial charge in [-0.1, -0.05) is 34.8 Å². The summed E-state index contributed by atoms with van der Waals surface area (Å²) in [5.41, 5.74) is -1.57. The van der Waals surface area contributed by atoms with Gasteiger partial charge in [0.2, 0.25) is 9.70 Å². The maximum absolute atomic E-state index is 12.5. The number of thioether (sulfide) groups is 2. The van der Waals surface area contributed by atoms with E-state index in [1.165, 1.54) is 40.6 Å². The molecule has 2 unspecified atom stereocenters. The van der Waals surface area contributed by atoms with Gasteiger partial charge in [-0.3, -0.25) is 14.4 Å². The molecule has 0 saturated carbocycles. The summed E-state index contributed by atoms with van der Waals surface area (Å²) in [7, 11) is 0. The van der Waals surface area contributed by atoms with Gasteiger partial charge in [0.05, 0.1) is 0 Å². The van der Waals surface area contributed by atoms with Crippen LogP contribution in [0.5, 0.6) is 0 Å². The number of aromatic amines is 1. The second kappa shape index (κ2) is 9.03. The Hall–Kier alpha value is -1.34. The Morgan fingerprint density at radius 3 is 2.77 bits per heavy atom. The van der Waals surface area contributed by atoms with Crippen molar-refractivity contribution in [3.8, 4) is 0 Å². The summed E-state index contributed by atoms with van der Waals surface area (Å²) in [6.07, 6.45) is -0.908. The predicted molar refractivity (Wildman–Crippen MR) is 112 cm³/mol. The van der Waals surface area contributed by atoms with Crippen LogP contribution in [-0.4, -0.2) is 78.0 Å². The van der Waals surface area contributed by atoms with E-state index in [1.807, 2.05) is 0 Å². The van der Waals surface area contributed by atoms with E-state index in [0.29, 0.717) is 5.03 Å². The maximum atomic E-state index is 12.5. The molecule has 15 heteroatoms. The van der Waals surface area contributed by atoms with Gasteiger partial charge >= 0.3 is 12.1 Å². The van der Waals surface area contributed by atoms with E-state index in [9.17, 15) is 24.3 Å². The Kier molecular flexibility index (Phi) is 7.02. The van der Waals surface area contributed by atoms with Gasteiger partial charge in [0, 0.05) is 24.1 Å². The summed E-state index contributed by atoms with van der Waals surface area (Å²) in [5, 5.41) is 18.4. The minimum absolute atomic E-state index is 0.0173. The number of carbonyl (C=O) groups is 3. The van der Waals surface area contributed by atoms with E-state index in [-0.39, 0.29) is 23.6 Å². The van der Waals surface area contributed by atoms with Crippen molar-refractivity contribution < 1.29 is 24.2 Å². The van der Waals surface area contributed by atoms with Crippen LogP contribution >= 0.6 is 58.3 Å². The van der Waals surface area contributed by atoms with E-state index in [2.05, 4.69) is 15.5 Å². The van der Waals surface area contributed by atoms with Crippen molar-refractivity contribution in [3.63, 3.8) is 0 Å². The molecule has 3 rings (SSSR count). The first kappa shape index (κ1) is 23.3. The maximum Gasteiger partial charge on any atom is 0.408 e. The zero-order valence-corrected chi connectivity index (χ0v) is 18.9. The lowest BCUT2D eigenvalue weighted by molar-refractivity contribution is -0.156. The van der Waals surface area contributed by atoms with Gasteiger partial charge in [-0.05, 0) is 6.07 Å². The summed E-state index contributed by atoms with van der Waals surface area (Å²) in [4.78, 5) is 48.8. The Labute approximate surface area is 193 Å². The fourth-order valence-electron chi connectivity index (χ4n) is 2.85. The number of ether oxygens (including phenoxy) is 1. The number of carbonyl (C=O) groups excluding carboxylic acids is 2. The minimum Gasteiger partial charge on any atom is -0.481 e. The average Bonchev–Trinajstić information content (AvgIpc) is 2.69. The fraction of sp³-hybridized carbons (Fsp3) is 0.533. The number of nitrogens with one attached hydrogen (secondary N) is 2. The lowest BCUT2D eigenvalue weighted by atomic mass is 9.89. The molecule has 1 aromatic heterocycles. The summed E-state index contributed by atoms with van der Waals surface area (Å²) >= 11 is 19.0. The van der Waals surface area contributed by atoms with Crippen molar-refractivity contribution in [1.82, 2.24) is 20.4 Å². The summed E-state index contributed by atoms with van der Waals surface area (Å²) in [6.45, 7) is -0.499. The number of nitrogens with zero attached hydrogens (tertiary/aromatic N) is 2. The predicted octanol–water partition coefficient (Wildman–Crippen LogP) is 1.31. The van der Waals surface area contributed by atoms with Crippen molar-refractivity contribution in [1.29, 1.82) is 0 Å². The standard InChI is InChI=1S/C15H15Cl3N4O6S2/c16-15(17,18)4-28-13(27)19-9-10(24)22-3-14(12(25)26,6-30-11(9)22)5-29-8-2-1-7(23)20-21-8/h1-2,9,11H,3-6H2,(H,19,27)(H,20,23)(H,25,26)/t9?,11-,14?/m1/s1. The number of fused-ring (bicyclic) bond motifs is 1. The Bertz CT molecular complexity index is 893. The van der Waals surface area contributed by atoms with Crippen LogP contribution in [-0.2, 0) is 14.3 Å². The lowest BCUT2D eigenvalue weighted by Gasteiger charge is -2.53. The van der Waals surface area contributed by atoms with Crippen molar-refractivity contribution in [2.24, 2.45) is 5.41 Å². The molecule has 3 atom stereocenters. The molecule has 0 aromatic carbocycles. The highest BCUT2D eigenvalue weighted by molar-refractivity contribution is 8.00. The van der Waals surface area contributed by atoms with Gasteiger partial charge in [-0.25, -0.2) is 9.89 Å². The molecule has 0 aliphatic carbocycles. The highest BCUT2D eigenvalue weighted by Gasteiger charge is 2.57. The number of carboxylic acids is 1. The summed E-state index contributed by atoms with van der Waals surface area (Å²) < 4.78 is 2.99. The third-order valence-electron chi connectivity index (χ3n) is 4.39. The molecule has 2 saturated heterocycles. The van der Waals surface area contributed by atoms with Crippen LogP contribution < -0.4 is 10.9 Å². The topological polar surface area (TPSA) is 142 Å². The Balaban J connectivity index is 1.59. The lowest BCUT2D eigenvalue weighted by Crippen LogP contribution is -2.74. The number of rotatable bonds is 6. The third-order valence-corrected chi connectivity index (χ3v) is 7.52. The molecule has 10 nitrogen and oxygen atoms in total. The van der Waals surface area contributed by atoms with Gasteiger partial charge in [0.15, 0.2) is 0 Å². The molecule has 2 fully saturated rings. The number of carboxylic acid groups (broad SMARTS) is 1. The first-order valence-corrected chi connectivity index (χ1v) is 11.5. The molecular formula is C15H15Cl3N4O6S2. The second-order valence-electron chi connectivity index (χ2n) is 6.61. The molecule has 2 amide bonds. The SMILES string of the molecule is O=C(NC1C(=O)N2CC(CSc3ccc(=O)[nH]n3)(C(=O)O)CS[C@H]12)OCC(Cl)(Cl)Cl. The van der Waals surface area contributed by atoms with Crippen LogP contribution in [0.1, 0.15) is 0 Å². The van der Waals surface area contributed by atoms with Crippen LogP contribution in [0.2, 0.25) is 0 Å². The van der Waals surface area contributed by atoms with Crippen LogP contribution in [0.4, 0.5) is 4.79 Å². The Morgan fingerprint density at radius 2 is 2.17 bits per heavy atom. The Morgan fingerprint density at radius 1 is 1.43 bits per heavy atom. The molecule has 2 aliphatic heterocycles. The number of β-lactam (4-membered cyclic amide) rings is 1. The van der Waals surface area contributed by atoms with E-state index in [1.54, 1.807) is 0 Å². The van der Waals surface area contributed by atoms with Crippen molar-refractivity contribution in [3.05, 3.63) is 22.5 Å². The molecular weight excluding hydrogens is 503 g/mol. The quantitative estimate of drug-likeness (QED) is 0.289. The van der Waals surface area contributed by atoms with Crippen LogP contribution in [0.15, 0.2) is 22.0 Å². The highest BCUT2D eigenvalue weighted by atomic mass is 35.6. The number of H-pyrrole nitrogens is 1. The zero-order chi connectivity index (χ0) is 22.1. The second-order valence-corrected chi connectivity index (χ2v) is 11.2. The average molecular weight is 518 g/mol. The van der Waals surface area contributed by atoms with Crippen molar-refractivity contribution >= 4 is 76.3 Å². The molecule has 3 N–H and O–H groups in total. The van der Waals surface area contributed by atoms with Gasteiger partial charge in [0.1, 0.15) is 28.5 Å². The number of amides is 2. The molecule has 1 aromatic rings. The molecule has 30 heavy (non-hydrogen) atoms. The fourth-order valence-corrected chi connectivity index (χ4v) is 5.70. The van der Waals surface area contributed by atoms with E-state index in [0.717, 1.165) is 0 Å². The first-order chi connectivity index (χ1) is 14.0. The number of halogens is 3. The minimum atomic E-state index is -1.77. The summed E-state index contributed by atoms with van der Waals surface area (Å²) in [6, 6.07) is 1.94. The van der Waals surface area contributed by atoms with E-state index < -0.39 is 45.2 Å². The van der Waals surface area contributed by atoms with Crippen molar-refractivity contribution in [2.75, 3.05) is 24.7 Å². The summed E-state index contributed by atoms with van der Waals surface area (Å²) in [5.74, 6) is -1.10. The smallest absolute Gasteiger partial charge is 0.408 e. The molecule has 3 heterocycles. The van der Waals surface area contributed by atoms with Gasteiger partial charge in [0.25, 0.3) is 5.56 Å². The number of alkyl carbamates (subject to hydrolysis) is 1. The number of alkyl halides is 3. The van der Waals surface area contributed by atoms with Crippen molar-refractivity contribution in [2.45, 2.75) is 20.2 Å². The van der Waals surface area contributed by atoms with Crippen LogP contribution in [0.25, 0.3) is 0 Å². The number of aromatic nitrogens is 2. The van der Waals surface area contributed by atoms with E-state index in [4.69, 9.17) is 39.5 Å². The van der Waals surface area contributed by atoms with E-state index >= 15 is 0 Å². The first-order valence-electron chi connectivity index (χ1n) is 8.35. The number of hydrogen-bond donors (Lipinski definition) is 3. The molecule has 164 valence electrons.